The number of hydrazone groups is 1. The summed E-state index contributed by atoms with van der Waals surface area (Å²) in [5.41, 5.74) is 5.72. The van der Waals surface area contributed by atoms with Crippen molar-refractivity contribution in [1.29, 1.82) is 0 Å². The number of hydrogen-bond acceptors (Lipinski definition) is 3. The lowest BCUT2D eigenvalue weighted by Gasteiger charge is -2.02. The minimum atomic E-state index is -0.193. The van der Waals surface area contributed by atoms with E-state index in [2.05, 4.69) is 20.7 Å². The second-order valence-corrected chi connectivity index (χ2v) is 6.10. The van der Waals surface area contributed by atoms with Crippen LogP contribution >= 0.6 is 23.2 Å². The van der Waals surface area contributed by atoms with Crippen molar-refractivity contribution in [2.24, 2.45) is 5.10 Å². The van der Waals surface area contributed by atoms with E-state index < -0.39 is 0 Å². The van der Waals surface area contributed by atoms with Crippen LogP contribution in [0.4, 0.5) is 0 Å². The highest BCUT2D eigenvalue weighted by Crippen LogP contribution is 2.28. The van der Waals surface area contributed by atoms with Crippen molar-refractivity contribution in [1.82, 2.24) is 15.6 Å². The molecular weight excluding hydrogens is 359 g/mol. The van der Waals surface area contributed by atoms with Gasteiger partial charge in [-0.05, 0) is 17.7 Å². The molecule has 1 heterocycles. The molecule has 0 fully saturated rings. The van der Waals surface area contributed by atoms with Gasteiger partial charge < -0.3 is 0 Å². The molecule has 126 valence electrons. The molecule has 0 saturated heterocycles. The van der Waals surface area contributed by atoms with Gasteiger partial charge in [0.2, 0.25) is 5.91 Å². The highest BCUT2D eigenvalue weighted by atomic mass is 35.5. The largest absolute Gasteiger partial charge is 0.277 e. The Bertz CT molecular complexity index is 906. The lowest BCUT2D eigenvalue weighted by Crippen LogP contribution is -2.19. The number of carbonyl (C=O) groups excluding carboxylic acids is 1. The number of benzene rings is 2. The third kappa shape index (κ3) is 4.47. The Morgan fingerprint density at radius 1 is 1.16 bits per heavy atom. The molecule has 0 radical (unpaired) electrons. The molecule has 0 bridgehead atoms. The van der Waals surface area contributed by atoms with Gasteiger partial charge in [0.1, 0.15) is 0 Å². The van der Waals surface area contributed by atoms with Crippen molar-refractivity contribution in [2.45, 2.75) is 6.42 Å². The summed E-state index contributed by atoms with van der Waals surface area (Å²) in [6.07, 6.45) is 3.41. The van der Waals surface area contributed by atoms with E-state index in [9.17, 15) is 4.79 Å². The van der Waals surface area contributed by atoms with Crippen LogP contribution in [0, 0.1) is 0 Å². The monoisotopic (exact) mass is 372 g/mol. The van der Waals surface area contributed by atoms with Gasteiger partial charge in [-0.2, -0.15) is 10.2 Å². The van der Waals surface area contributed by atoms with Crippen molar-refractivity contribution in [3.05, 3.63) is 75.9 Å². The van der Waals surface area contributed by atoms with E-state index in [0.29, 0.717) is 10.0 Å². The molecule has 3 rings (SSSR count). The number of amides is 1. The Morgan fingerprint density at radius 2 is 1.96 bits per heavy atom. The highest BCUT2D eigenvalue weighted by molar-refractivity contribution is 6.42. The Morgan fingerprint density at radius 3 is 2.72 bits per heavy atom. The zero-order valence-corrected chi connectivity index (χ0v) is 14.6. The minimum Gasteiger partial charge on any atom is -0.277 e. The summed E-state index contributed by atoms with van der Waals surface area (Å²) in [7, 11) is 0. The average molecular weight is 373 g/mol. The third-order valence-corrected chi connectivity index (χ3v) is 4.22. The molecule has 1 amide bonds. The summed E-state index contributed by atoms with van der Waals surface area (Å²) < 4.78 is 0. The van der Waals surface area contributed by atoms with Crippen LogP contribution in [-0.2, 0) is 11.2 Å². The topological polar surface area (TPSA) is 70.1 Å². The number of hydrogen-bond donors (Lipinski definition) is 2. The van der Waals surface area contributed by atoms with Crippen LogP contribution in [0.5, 0.6) is 0 Å². The molecule has 0 atom stereocenters. The first-order chi connectivity index (χ1) is 12.1. The molecule has 0 unspecified atom stereocenters. The van der Waals surface area contributed by atoms with Crippen LogP contribution in [-0.4, -0.2) is 22.3 Å². The van der Waals surface area contributed by atoms with Gasteiger partial charge in [-0.3, -0.25) is 9.89 Å². The van der Waals surface area contributed by atoms with Gasteiger partial charge >= 0.3 is 0 Å². The smallest absolute Gasteiger partial charge is 0.244 e. The number of carbonyl (C=O) groups is 1. The Labute approximate surface area is 154 Å². The summed E-state index contributed by atoms with van der Waals surface area (Å²) in [6, 6.07) is 14.7. The molecule has 2 aromatic carbocycles. The van der Waals surface area contributed by atoms with E-state index in [4.69, 9.17) is 23.2 Å². The normalized spacial score (nSPS) is 11.0. The standard InChI is InChI=1S/C18H14Cl2N4O/c19-15-7-6-13(9-16(15)20)18-14(11-22-24-18)10-21-23-17(25)8-12-4-2-1-3-5-12/h1-7,9-11H,8H2,(H,22,24)(H,23,25)/b21-10+. The predicted octanol–water partition coefficient (Wildman–Crippen LogP) is 4.08. The van der Waals surface area contributed by atoms with Crippen molar-refractivity contribution >= 4 is 35.3 Å². The molecule has 0 aliphatic carbocycles. The maximum absolute atomic E-state index is 11.9. The molecule has 2 N–H and O–H groups in total. The van der Waals surface area contributed by atoms with Crippen LogP contribution in [0.3, 0.4) is 0 Å². The summed E-state index contributed by atoms with van der Waals surface area (Å²) in [6.45, 7) is 0. The van der Waals surface area contributed by atoms with Gasteiger partial charge in [-0.25, -0.2) is 5.43 Å². The van der Waals surface area contributed by atoms with E-state index in [-0.39, 0.29) is 12.3 Å². The summed E-state index contributed by atoms with van der Waals surface area (Å²) in [5.74, 6) is -0.193. The molecule has 0 aliphatic heterocycles. The zero-order valence-electron chi connectivity index (χ0n) is 13.0. The number of aromatic nitrogens is 2. The van der Waals surface area contributed by atoms with E-state index in [1.54, 1.807) is 18.3 Å². The molecule has 0 aliphatic rings. The number of rotatable bonds is 5. The molecule has 7 heteroatoms. The van der Waals surface area contributed by atoms with Crippen molar-refractivity contribution in [3.8, 4) is 11.3 Å². The number of nitrogens with zero attached hydrogens (tertiary/aromatic N) is 2. The van der Waals surface area contributed by atoms with Gasteiger partial charge in [0, 0.05) is 11.1 Å². The van der Waals surface area contributed by atoms with Crippen molar-refractivity contribution in [2.75, 3.05) is 0 Å². The van der Waals surface area contributed by atoms with E-state index >= 15 is 0 Å². The fourth-order valence-corrected chi connectivity index (χ4v) is 2.57. The van der Waals surface area contributed by atoms with Gasteiger partial charge in [0.05, 0.1) is 34.6 Å². The van der Waals surface area contributed by atoms with Crippen LogP contribution in [0.2, 0.25) is 10.0 Å². The SMILES string of the molecule is O=C(Cc1ccccc1)N/N=C/c1cn[nH]c1-c1ccc(Cl)c(Cl)c1. The van der Waals surface area contributed by atoms with Gasteiger partial charge in [-0.1, -0.05) is 59.6 Å². The van der Waals surface area contributed by atoms with Crippen LogP contribution in [0.1, 0.15) is 11.1 Å². The number of aromatic amines is 1. The van der Waals surface area contributed by atoms with Crippen LogP contribution in [0.25, 0.3) is 11.3 Å². The molecule has 25 heavy (non-hydrogen) atoms. The number of halogens is 2. The first kappa shape index (κ1) is 17.2. The number of H-pyrrole nitrogens is 1. The fourth-order valence-electron chi connectivity index (χ4n) is 2.27. The molecule has 0 saturated carbocycles. The van der Waals surface area contributed by atoms with E-state index in [0.717, 1.165) is 22.4 Å². The average Bonchev–Trinajstić information content (AvgIpc) is 3.07. The molecule has 5 nitrogen and oxygen atoms in total. The second kappa shape index (κ2) is 7.96. The zero-order chi connectivity index (χ0) is 17.6. The molecule has 1 aromatic heterocycles. The van der Waals surface area contributed by atoms with E-state index in [1.165, 1.54) is 6.21 Å². The molecular formula is C18H14Cl2N4O. The van der Waals surface area contributed by atoms with E-state index in [1.807, 2.05) is 36.4 Å². The van der Waals surface area contributed by atoms with Crippen LogP contribution in [0.15, 0.2) is 59.8 Å². The van der Waals surface area contributed by atoms with Gasteiger partial charge in [0.25, 0.3) is 0 Å². The van der Waals surface area contributed by atoms with Gasteiger partial charge in [-0.15, -0.1) is 0 Å². The lowest BCUT2D eigenvalue weighted by molar-refractivity contribution is -0.120. The van der Waals surface area contributed by atoms with Crippen molar-refractivity contribution < 1.29 is 4.79 Å². The Balaban J connectivity index is 1.67. The first-order valence-electron chi connectivity index (χ1n) is 7.48. The van der Waals surface area contributed by atoms with Gasteiger partial charge in [0.15, 0.2) is 0 Å². The third-order valence-electron chi connectivity index (χ3n) is 3.48. The summed E-state index contributed by atoms with van der Waals surface area (Å²) >= 11 is 12.0. The Hall–Kier alpha value is -2.63. The molecule has 0 spiro atoms. The summed E-state index contributed by atoms with van der Waals surface area (Å²) in [4.78, 5) is 11.9. The minimum absolute atomic E-state index is 0.193. The van der Waals surface area contributed by atoms with Crippen molar-refractivity contribution in [3.63, 3.8) is 0 Å². The van der Waals surface area contributed by atoms with Crippen LogP contribution < -0.4 is 5.43 Å². The highest BCUT2D eigenvalue weighted by Gasteiger charge is 2.08. The summed E-state index contributed by atoms with van der Waals surface area (Å²) in [5, 5.41) is 11.8. The number of nitrogens with one attached hydrogen (secondary N) is 2. The Kier molecular flexibility index (Phi) is 5.48. The fraction of sp³-hybridized carbons (Fsp3) is 0.0556. The quantitative estimate of drug-likeness (QED) is 0.523. The molecule has 3 aromatic rings. The maximum atomic E-state index is 11.9. The lowest BCUT2D eigenvalue weighted by atomic mass is 10.1. The second-order valence-electron chi connectivity index (χ2n) is 5.28. The maximum Gasteiger partial charge on any atom is 0.244 e. The predicted molar refractivity (Wildman–Crippen MR) is 99.9 cm³/mol. The first-order valence-corrected chi connectivity index (χ1v) is 8.23.